The fourth-order valence-electron chi connectivity index (χ4n) is 2.95. The average Bonchev–Trinajstić information content (AvgIpc) is 2.83. The van der Waals surface area contributed by atoms with E-state index in [1.165, 1.54) is 37.5 Å². The summed E-state index contributed by atoms with van der Waals surface area (Å²) in [5.41, 5.74) is 0.968. The van der Waals surface area contributed by atoms with Crippen LogP contribution < -0.4 is 5.32 Å². The minimum absolute atomic E-state index is 0.286. The van der Waals surface area contributed by atoms with Crippen LogP contribution >= 0.6 is 15.9 Å². The van der Waals surface area contributed by atoms with E-state index in [9.17, 15) is 0 Å². The molecule has 0 spiro atoms. The van der Waals surface area contributed by atoms with Crippen LogP contribution in [0.25, 0.3) is 11.0 Å². The third-order valence-corrected chi connectivity index (χ3v) is 4.51. The largest absolute Gasteiger partial charge is 0.459 e. The van der Waals surface area contributed by atoms with Gasteiger partial charge < -0.3 is 9.73 Å². The Kier molecular flexibility index (Phi) is 3.94. The molecule has 1 saturated carbocycles. The molecule has 0 bridgehead atoms. The number of nitrogens with one attached hydrogen (secondary N) is 1. The van der Waals surface area contributed by atoms with Crippen LogP contribution in [0.15, 0.2) is 33.2 Å². The number of benzene rings is 1. The lowest BCUT2D eigenvalue weighted by molar-refractivity contribution is 0.327. The van der Waals surface area contributed by atoms with Crippen molar-refractivity contribution in [2.24, 2.45) is 0 Å². The van der Waals surface area contributed by atoms with Crippen molar-refractivity contribution in [2.75, 3.05) is 0 Å². The summed E-state index contributed by atoms with van der Waals surface area (Å²) < 4.78 is 7.04. The van der Waals surface area contributed by atoms with Gasteiger partial charge in [0.25, 0.3) is 0 Å². The third kappa shape index (κ3) is 3.03. The van der Waals surface area contributed by atoms with Crippen molar-refractivity contribution in [3.05, 3.63) is 34.5 Å². The third-order valence-electron chi connectivity index (χ3n) is 4.02. The quantitative estimate of drug-likeness (QED) is 0.842. The Morgan fingerprint density at radius 1 is 1.21 bits per heavy atom. The van der Waals surface area contributed by atoms with Crippen LogP contribution in [0.4, 0.5) is 0 Å². The predicted octanol–water partition coefficient (Wildman–Crippen LogP) is 5.18. The van der Waals surface area contributed by atoms with Gasteiger partial charge in [0.2, 0.25) is 0 Å². The number of hydrogen-bond donors (Lipinski definition) is 1. The molecule has 1 aliphatic rings. The Hall–Kier alpha value is -0.800. The molecule has 102 valence electrons. The minimum Gasteiger partial charge on any atom is -0.459 e. The van der Waals surface area contributed by atoms with Gasteiger partial charge in [0.15, 0.2) is 0 Å². The average molecular weight is 322 g/mol. The van der Waals surface area contributed by atoms with E-state index in [1.54, 1.807) is 0 Å². The van der Waals surface area contributed by atoms with Crippen molar-refractivity contribution >= 4 is 26.9 Å². The van der Waals surface area contributed by atoms with Gasteiger partial charge in [0.05, 0.1) is 6.04 Å². The zero-order chi connectivity index (χ0) is 13.2. The van der Waals surface area contributed by atoms with E-state index >= 15 is 0 Å². The summed E-state index contributed by atoms with van der Waals surface area (Å²) in [6.07, 6.45) is 6.71. The maximum atomic E-state index is 5.94. The van der Waals surface area contributed by atoms with Crippen molar-refractivity contribution < 1.29 is 4.42 Å². The van der Waals surface area contributed by atoms with Crippen LogP contribution in [0.3, 0.4) is 0 Å². The minimum atomic E-state index is 0.286. The molecular weight excluding hydrogens is 302 g/mol. The SMILES string of the molecule is CC(NC1CCCCC1)c1cc2cc(Br)ccc2o1. The normalized spacial score (nSPS) is 18.8. The smallest absolute Gasteiger partial charge is 0.134 e. The zero-order valence-electron chi connectivity index (χ0n) is 11.3. The van der Waals surface area contributed by atoms with E-state index in [4.69, 9.17) is 4.42 Å². The van der Waals surface area contributed by atoms with Crippen molar-refractivity contribution in [1.29, 1.82) is 0 Å². The van der Waals surface area contributed by atoms with E-state index in [2.05, 4.69) is 40.3 Å². The van der Waals surface area contributed by atoms with Gasteiger partial charge in [0.1, 0.15) is 11.3 Å². The molecule has 1 atom stereocenters. The fraction of sp³-hybridized carbons (Fsp3) is 0.500. The highest BCUT2D eigenvalue weighted by molar-refractivity contribution is 9.10. The molecule has 19 heavy (non-hydrogen) atoms. The standard InChI is InChI=1S/C16H20BrNO/c1-11(18-14-5-3-2-4-6-14)16-10-12-9-13(17)7-8-15(12)19-16/h7-11,14,18H,2-6H2,1H3. The van der Waals surface area contributed by atoms with Gasteiger partial charge >= 0.3 is 0 Å². The summed E-state index contributed by atoms with van der Waals surface area (Å²) in [7, 11) is 0. The molecule has 0 saturated heterocycles. The van der Waals surface area contributed by atoms with Crippen LogP contribution in [0.5, 0.6) is 0 Å². The second kappa shape index (κ2) is 5.68. The van der Waals surface area contributed by atoms with Crippen LogP contribution in [0, 0.1) is 0 Å². The fourth-order valence-corrected chi connectivity index (χ4v) is 3.33. The van der Waals surface area contributed by atoms with Gasteiger partial charge in [-0.15, -0.1) is 0 Å². The van der Waals surface area contributed by atoms with Gasteiger partial charge in [-0.05, 0) is 44.0 Å². The van der Waals surface area contributed by atoms with E-state index in [0.717, 1.165) is 15.8 Å². The molecule has 1 aliphatic carbocycles. The molecule has 3 rings (SSSR count). The summed E-state index contributed by atoms with van der Waals surface area (Å²) in [6.45, 7) is 2.20. The van der Waals surface area contributed by atoms with Crippen LogP contribution in [-0.2, 0) is 0 Å². The molecule has 3 heteroatoms. The monoisotopic (exact) mass is 321 g/mol. The van der Waals surface area contributed by atoms with Crippen LogP contribution in [0.2, 0.25) is 0 Å². The molecular formula is C16H20BrNO. The highest BCUT2D eigenvalue weighted by Gasteiger charge is 2.18. The first-order valence-electron chi connectivity index (χ1n) is 7.17. The van der Waals surface area contributed by atoms with Gasteiger partial charge in [-0.2, -0.15) is 0 Å². The summed E-state index contributed by atoms with van der Waals surface area (Å²) in [5, 5.41) is 4.87. The molecule has 0 amide bonds. The Labute approximate surface area is 122 Å². The zero-order valence-corrected chi connectivity index (χ0v) is 12.9. The molecule has 1 unspecified atom stereocenters. The summed E-state index contributed by atoms with van der Waals surface area (Å²) >= 11 is 3.50. The molecule has 0 aliphatic heterocycles. The van der Waals surface area contributed by atoms with Gasteiger partial charge in [-0.3, -0.25) is 0 Å². The highest BCUT2D eigenvalue weighted by Crippen LogP contribution is 2.28. The second-order valence-corrected chi connectivity index (χ2v) is 6.47. The molecule has 1 aromatic carbocycles. The molecule has 1 fully saturated rings. The summed E-state index contributed by atoms with van der Waals surface area (Å²) in [5.74, 6) is 1.04. The first kappa shape index (κ1) is 13.2. The highest BCUT2D eigenvalue weighted by atomic mass is 79.9. The first-order valence-corrected chi connectivity index (χ1v) is 7.97. The lowest BCUT2D eigenvalue weighted by Crippen LogP contribution is -2.32. The number of rotatable bonds is 3. The van der Waals surface area contributed by atoms with Gasteiger partial charge in [0, 0.05) is 15.9 Å². The Morgan fingerprint density at radius 3 is 2.79 bits per heavy atom. The first-order chi connectivity index (χ1) is 9.22. The Morgan fingerprint density at radius 2 is 2.00 bits per heavy atom. The van der Waals surface area contributed by atoms with E-state index in [0.29, 0.717) is 6.04 Å². The van der Waals surface area contributed by atoms with Crippen molar-refractivity contribution in [3.63, 3.8) is 0 Å². The molecule has 1 heterocycles. The van der Waals surface area contributed by atoms with E-state index in [-0.39, 0.29) is 6.04 Å². The molecule has 1 N–H and O–H groups in total. The molecule has 0 radical (unpaired) electrons. The summed E-state index contributed by atoms with van der Waals surface area (Å²) in [4.78, 5) is 0. The Bertz CT molecular complexity index is 557. The number of fused-ring (bicyclic) bond motifs is 1. The van der Waals surface area contributed by atoms with Crippen LogP contribution in [-0.4, -0.2) is 6.04 Å². The second-order valence-electron chi connectivity index (χ2n) is 5.55. The van der Waals surface area contributed by atoms with E-state index in [1.807, 2.05) is 12.1 Å². The summed E-state index contributed by atoms with van der Waals surface area (Å²) in [6, 6.07) is 9.25. The number of hydrogen-bond acceptors (Lipinski definition) is 2. The lowest BCUT2D eigenvalue weighted by atomic mass is 9.95. The lowest BCUT2D eigenvalue weighted by Gasteiger charge is -2.25. The molecule has 2 aromatic rings. The molecule has 1 aromatic heterocycles. The van der Waals surface area contributed by atoms with Gasteiger partial charge in [-0.25, -0.2) is 0 Å². The number of furan rings is 1. The van der Waals surface area contributed by atoms with Crippen molar-refractivity contribution in [1.82, 2.24) is 5.32 Å². The topological polar surface area (TPSA) is 25.2 Å². The predicted molar refractivity (Wildman–Crippen MR) is 82.3 cm³/mol. The van der Waals surface area contributed by atoms with Crippen LogP contribution in [0.1, 0.15) is 50.8 Å². The molecule has 2 nitrogen and oxygen atoms in total. The number of halogens is 1. The Balaban J connectivity index is 1.75. The van der Waals surface area contributed by atoms with E-state index < -0.39 is 0 Å². The maximum absolute atomic E-state index is 5.94. The maximum Gasteiger partial charge on any atom is 0.134 e. The van der Waals surface area contributed by atoms with Crippen molar-refractivity contribution in [3.8, 4) is 0 Å². The van der Waals surface area contributed by atoms with Crippen molar-refractivity contribution in [2.45, 2.75) is 51.1 Å². The van der Waals surface area contributed by atoms with Gasteiger partial charge in [-0.1, -0.05) is 35.2 Å².